The Morgan fingerprint density at radius 1 is 1.73 bits per heavy atom. The van der Waals surface area contributed by atoms with Crippen molar-refractivity contribution < 1.29 is 4.79 Å². The number of amides is 1. The average molecular weight is 155 g/mol. The average Bonchev–Trinajstić information content (AvgIpc) is 2.39. The van der Waals surface area contributed by atoms with E-state index >= 15 is 0 Å². The zero-order valence-electron chi connectivity index (χ0n) is 5.84. The van der Waals surface area contributed by atoms with E-state index < -0.39 is 11.9 Å². The highest BCUT2D eigenvalue weighted by atomic mass is 16.1. The Kier molecular flexibility index (Phi) is 2.17. The van der Waals surface area contributed by atoms with Crippen molar-refractivity contribution in [3.8, 4) is 0 Å². The number of primary amides is 1. The van der Waals surface area contributed by atoms with E-state index in [4.69, 9.17) is 11.5 Å². The first kappa shape index (κ1) is 7.67. The molecule has 0 saturated heterocycles. The van der Waals surface area contributed by atoms with Gasteiger partial charge in [-0.05, 0) is 0 Å². The molecule has 0 spiro atoms. The summed E-state index contributed by atoms with van der Waals surface area (Å²) >= 11 is 0. The van der Waals surface area contributed by atoms with Crippen molar-refractivity contribution in [1.29, 1.82) is 0 Å². The van der Waals surface area contributed by atoms with Crippen LogP contribution in [-0.4, -0.2) is 26.7 Å². The van der Waals surface area contributed by atoms with E-state index in [9.17, 15) is 4.79 Å². The van der Waals surface area contributed by atoms with Crippen LogP contribution >= 0.6 is 0 Å². The van der Waals surface area contributed by atoms with E-state index in [0.29, 0.717) is 0 Å². The Morgan fingerprint density at radius 3 is 2.91 bits per heavy atom. The Labute approximate surface area is 63.2 Å². The summed E-state index contributed by atoms with van der Waals surface area (Å²) in [6.07, 6.45) is 2.84. The quantitative estimate of drug-likeness (QED) is 0.532. The highest BCUT2D eigenvalue weighted by Gasteiger charge is 2.09. The van der Waals surface area contributed by atoms with Crippen LogP contribution in [0.2, 0.25) is 0 Å². The first-order chi connectivity index (χ1) is 5.20. The molecule has 4 N–H and O–H groups in total. The van der Waals surface area contributed by atoms with Gasteiger partial charge in [-0.15, -0.1) is 0 Å². The van der Waals surface area contributed by atoms with Crippen LogP contribution in [0, 0.1) is 0 Å². The van der Waals surface area contributed by atoms with E-state index in [-0.39, 0.29) is 6.54 Å². The van der Waals surface area contributed by atoms with Crippen LogP contribution < -0.4 is 11.5 Å². The molecule has 1 atom stereocenters. The van der Waals surface area contributed by atoms with Crippen LogP contribution in [0.4, 0.5) is 0 Å². The molecule has 1 unspecified atom stereocenters. The monoisotopic (exact) mass is 155 g/mol. The maximum absolute atomic E-state index is 10.5. The van der Waals surface area contributed by atoms with Gasteiger partial charge in [0.05, 0.1) is 6.54 Å². The maximum atomic E-state index is 10.5. The lowest BCUT2D eigenvalue weighted by Crippen LogP contribution is -2.39. The molecule has 0 aromatic carbocycles. The van der Waals surface area contributed by atoms with Crippen molar-refractivity contribution in [2.24, 2.45) is 11.5 Å². The molecule has 6 nitrogen and oxygen atoms in total. The molecule has 0 saturated carbocycles. The lowest BCUT2D eigenvalue weighted by Gasteiger charge is -2.05. The van der Waals surface area contributed by atoms with Gasteiger partial charge in [-0.25, -0.2) is 4.98 Å². The van der Waals surface area contributed by atoms with Crippen molar-refractivity contribution in [3.63, 3.8) is 0 Å². The maximum Gasteiger partial charge on any atom is 0.236 e. The molecule has 6 heteroatoms. The van der Waals surface area contributed by atoms with Gasteiger partial charge in [0.15, 0.2) is 0 Å². The number of carbonyl (C=O) groups excluding carboxylic acids is 1. The molecule has 11 heavy (non-hydrogen) atoms. The summed E-state index contributed by atoms with van der Waals surface area (Å²) in [5.41, 5.74) is 10.3. The predicted molar refractivity (Wildman–Crippen MR) is 37.2 cm³/mol. The predicted octanol–water partition coefficient (Wildman–Crippen LogP) is -1.91. The third-order valence-corrected chi connectivity index (χ3v) is 1.22. The molecule has 0 radical (unpaired) electrons. The third-order valence-electron chi connectivity index (χ3n) is 1.22. The summed E-state index contributed by atoms with van der Waals surface area (Å²) in [6.45, 7) is 0.273. The molecule has 0 bridgehead atoms. The SMILES string of the molecule is NC(=O)C(N)Cn1cncn1. The molecule has 0 fully saturated rings. The fraction of sp³-hybridized carbons (Fsp3) is 0.400. The van der Waals surface area contributed by atoms with Gasteiger partial charge in [-0.2, -0.15) is 5.10 Å². The van der Waals surface area contributed by atoms with Gasteiger partial charge < -0.3 is 11.5 Å². The fourth-order valence-corrected chi connectivity index (χ4v) is 0.619. The summed E-state index contributed by atoms with van der Waals surface area (Å²) in [5.74, 6) is -0.541. The zero-order valence-corrected chi connectivity index (χ0v) is 5.84. The first-order valence-electron chi connectivity index (χ1n) is 3.07. The van der Waals surface area contributed by atoms with E-state index in [1.807, 2.05) is 0 Å². The van der Waals surface area contributed by atoms with Gasteiger partial charge in [0, 0.05) is 0 Å². The van der Waals surface area contributed by atoms with Crippen LogP contribution in [0.25, 0.3) is 0 Å². The molecule has 1 rings (SSSR count). The second kappa shape index (κ2) is 3.11. The number of hydrogen-bond acceptors (Lipinski definition) is 4. The van der Waals surface area contributed by atoms with Crippen molar-refractivity contribution in [2.45, 2.75) is 12.6 Å². The van der Waals surface area contributed by atoms with Crippen molar-refractivity contribution in [2.75, 3.05) is 0 Å². The molecule has 0 aliphatic carbocycles. The number of aromatic nitrogens is 3. The summed E-state index contributed by atoms with van der Waals surface area (Å²) in [6, 6.07) is -0.698. The number of carbonyl (C=O) groups is 1. The molecule has 1 amide bonds. The van der Waals surface area contributed by atoms with E-state index in [1.165, 1.54) is 17.3 Å². The first-order valence-corrected chi connectivity index (χ1v) is 3.07. The van der Waals surface area contributed by atoms with E-state index in [2.05, 4.69) is 10.1 Å². The number of rotatable bonds is 3. The summed E-state index contributed by atoms with van der Waals surface area (Å²) in [5, 5.41) is 3.76. The summed E-state index contributed by atoms with van der Waals surface area (Å²) < 4.78 is 1.45. The molecule has 0 aliphatic rings. The van der Waals surface area contributed by atoms with Gasteiger partial charge >= 0.3 is 0 Å². The second-order valence-corrected chi connectivity index (χ2v) is 2.13. The van der Waals surface area contributed by atoms with Crippen LogP contribution in [0.15, 0.2) is 12.7 Å². The third kappa shape index (κ3) is 2.01. The highest BCUT2D eigenvalue weighted by molar-refractivity contribution is 5.79. The van der Waals surface area contributed by atoms with Gasteiger partial charge in [-0.1, -0.05) is 0 Å². The Hall–Kier alpha value is -1.43. The van der Waals surface area contributed by atoms with Crippen LogP contribution in [0.3, 0.4) is 0 Å². The minimum absolute atomic E-state index is 0.273. The highest BCUT2D eigenvalue weighted by Crippen LogP contribution is 1.84. The summed E-state index contributed by atoms with van der Waals surface area (Å²) in [4.78, 5) is 14.1. The number of nitrogens with zero attached hydrogens (tertiary/aromatic N) is 3. The molecule has 60 valence electrons. The number of nitrogens with two attached hydrogens (primary N) is 2. The van der Waals surface area contributed by atoms with E-state index in [0.717, 1.165) is 0 Å². The minimum atomic E-state index is -0.698. The normalized spacial score (nSPS) is 12.8. The molecule has 1 aromatic heterocycles. The largest absolute Gasteiger partial charge is 0.368 e. The Morgan fingerprint density at radius 2 is 2.45 bits per heavy atom. The minimum Gasteiger partial charge on any atom is -0.368 e. The Balaban J connectivity index is 2.50. The van der Waals surface area contributed by atoms with Gasteiger partial charge in [-0.3, -0.25) is 9.48 Å². The van der Waals surface area contributed by atoms with Crippen LogP contribution in [0.5, 0.6) is 0 Å². The fourth-order valence-electron chi connectivity index (χ4n) is 0.619. The van der Waals surface area contributed by atoms with Gasteiger partial charge in [0.2, 0.25) is 5.91 Å². The molecule has 1 heterocycles. The molecular formula is C5H9N5O. The van der Waals surface area contributed by atoms with Crippen molar-refractivity contribution >= 4 is 5.91 Å². The van der Waals surface area contributed by atoms with E-state index in [1.54, 1.807) is 0 Å². The summed E-state index contributed by atoms with van der Waals surface area (Å²) in [7, 11) is 0. The van der Waals surface area contributed by atoms with Crippen molar-refractivity contribution in [1.82, 2.24) is 14.8 Å². The molecule has 0 aliphatic heterocycles. The van der Waals surface area contributed by atoms with Crippen LogP contribution in [-0.2, 0) is 11.3 Å². The topological polar surface area (TPSA) is 99.8 Å². The lowest BCUT2D eigenvalue weighted by atomic mass is 10.3. The van der Waals surface area contributed by atoms with Crippen molar-refractivity contribution in [3.05, 3.63) is 12.7 Å². The standard InChI is InChI=1S/C5H9N5O/c6-4(5(7)11)1-10-3-8-2-9-10/h2-4H,1,6H2,(H2,7,11). The zero-order chi connectivity index (χ0) is 8.27. The van der Waals surface area contributed by atoms with Gasteiger partial charge in [0.25, 0.3) is 0 Å². The Bertz CT molecular complexity index is 231. The molecular weight excluding hydrogens is 146 g/mol. The lowest BCUT2D eigenvalue weighted by molar-refractivity contribution is -0.119. The van der Waals surface area contributed by atoms with Gasteiger partial charge in [0.1, 0.15) is 18.7 Å². The second-order valence-electron chi connectivity index (χ2n) is 2.13. The van der Waals surface area contributed by atoms with Crippen LogP contribution in [0.1, 0.15) is 0 Å². The molecule has 1 aromatic rings. The number of hydrogen-bond donors (Lipinski definition) is 2. The smallest absolute Gasteiger partial charge is 0.236 e.